The summed E-state index contributed by atoms with van der Waals surface area (Å²) in [4.78, 5) is 2.63. The van der Waals surface area contributed by atoms with Crippen LogP contribution in [0.3, 0.4) is 0 Å². The smallest absolute Gasteiger partial charge is 0.0236 e. The highest BCUT2D eigenvalue weighted by Gasteiger charge is 2.21. The fourth-order valence-electron chi connectivity index (χ4n) is 3.16. The van der Waals surface area contributed by atoms with E-state index in [0.717, 1.165) is 31.5 Å². The molecule has 1 heterocycles. The van der Waals surface area contributed by atoms with Crippen molar-refractivity contribution in [3.05, 3.63) is 35.4 Å². The lowest BCUT2D eigenvalue weighted by Gasteiger charge is -2.34. The molecular formula is C18H30N2. The van der Waals surface area contributed by atoms with Crippen LogP contribution in [0.25, 0.3) is 0 Å². The van der Waals surface area contributed by atoms with Gasteiger partial charge in [0.2, 0.25) is 0 Å². The summed E-state index contributed by atoms with van der Waals surface area (Å²) in [5.41, 5.74) is 2.96. The van der Waals surface area contributed by atoms with Crippen LogP contribution in [0.1, 0.15) is 44.7 Å². The molecule has 1 aromatic rings. The van der Waals surface area contributed by atoms with Crippen LogP contribution in [0, 0.1) is 11.8 Å². The zero-order valence-electron chi connectivity index (χ0n) is 13.4. The maximum atomic E-state index is 3.45. The summed E-state index contributed by atoms with van der Waals surface area (Å²) in [5, 5.41) is 3.45. The molecular weight excluding hydrogens is 244 g/mol. The van der Waals surface area contributed by atoms with Crippen LogP contribution < -0.4 is 5.32 Å². The molecule has 0 radical (unpaired) electrons. The SMILES string of the molecule is CCNCc1ccccc1CN1CCC(C(C)C)CC1. The zero-order chi connectivity index (χ0) is 14.4. The molecule has 1 N–H and O–H groups in total. The van der Waals surface area contributed by atoms with E-state index in [1.807, 2.05) is 0 Å². The Morgan fingerprint density at radius 3 is 2.40 bits per heavy atom. The van der Waals surface area contributed by atoms with Gasteiger partial charge in [0.1, 0.15) is 0 Å². The molecule has 20 heavy (non-hydrogen) atoms. The summed E-state index contributed by atoms with van der Waals surface area (Å²) in [5.74, 6) is 1.78. The molecule has 1 fully saturated rings. The average Bonchev–Trinajstić information content (AvgIpc) is 2.47. The number of likely N-dealkylation sites (tertiary alicyclic amines) is 1. The quantitative estimate of drug-likeness (QED) is 0.851. The molecule has 0 saturated carbocycles. The number of piperidine rings is 1. The molecule has 0 bridgehead atoms. The van der Waals surface area contributed by atoms with Crippen LogP contribution in [0.5, 0.6) is 0 Å². The fourth-order valence-corrected chi connectivity index (χ4v) is 3.16. The number of hydrogen-bond donors (Lipinski definition) is 1. The van der Waals surface area contributed by atoms with E-state index in [9.17, 15) is 0 Å². The van der Waals surface area contributed by atoms with E-state index in [1.54, 1.807) is 0 Å². The van der Waals surface area contributed by atoms with E-state index in [-0.39, 0.29) is 0 Å². The van der Waals surface area contributed by atoms with Gasteiger partial charge in [0.15, 0.2) is 0 Å². The number of nitrogens with zero attached hydrogens (tertiary/aromatic N) is 1. The molecule has 1 aliphatic rings. The van der Waals surface area contributed by atoms with E-state index >= 15 is 0 Å². The number of nitrogens with one attached hydrogen (secondary N) is 1. The second-order valence-corrected chi connectivity index (χ2v) is 6.41. The lowest BCUT2D eigenvalue weighted by Crippen LogP contribution is -2.35. The molecule has 2 rings (SSSR count). The lowest BCUT2D eigenvalue weighted by atomic mass is 9.86. The van der Waals surface area contributed by atoms with Gasteiger partial charge in [0.25, 0.3) is 0 Å². The standard InChI is InChI=1S/C18H30N2/c1-4-19-13-17-7-5-6-8-18(17)14-20-11-9-16(10-12-20)15(2)3/h5-8,15-16,19H,4,9-14H2,1-3H3. The van der Waals surface area contributed by atoms with E-state index in [0.29, 0.717) is 0 Å². The second kappa shape index (κ2) is 7.80. The Morgan fingerprint density at radius 2 is 1.80 bits per heavy atom. The highest BCUT2D eigenvalue weighted by molar-refractivity contribution is 5.27. The maximum absolute atomic E-state index is 3.45. The van der Waals surface area contributed by atoms with Crippen molar-refractivity contribution < 1.29 is 0 Å². The Balaban J connectivity index is 1.90. The van der Waals surface area contributed by atoms with E-state index in [2.05, 4.69) is 55.3 Å². The summed E-state index contributed by atoms with van der Waals surface area (Å²) in [6, 6.07) is 8.88. The van der Waals surface area contributed by atoms with Gasteiger partial charge in [-0.2, -0.15) is 0 Å². The van der Waals surface area contributed by atoms with Crippen molar-refractivity contribution >= 4 is 0 Å². The molecule has 0 unspecified atom stereocenters. The highest BCUT2D eigenvalue weighted by Crippen LogP contribution is 2.25. The molecule has 2 heteroatoms. The Kier molecular flexibility index (Phi) is 6.06. The summed E-state index contributed by atoms with van der Waals surface area (Å²) >= 11 is 0. The predicted molar refractivity (Wildman–Crippen MR) is 86.7 cm³/mol. The third-order valence-corrected chi connectivity index (χ3v) is 4.65. The monoisotopic (exact) mass is 274 g/mol. The summed E-state index contributed by atoms with van der Waals surface area (Å²) in [6.45, 7) is 12.6. The first kappa shape index (κ1) is 15.5. The van der Waals surface area contributed by atoms with Crippen LogP contribution in [-0.2, 0) is 13.1 Å². The second-order valence-electron chi connectivity index (χ2n) is 6.41. The third kappa shape index (κ3) is 4.32. The zero-order valence-corrected chi connectivity index (χ0v) is 13.4. The molecule has 1 aliphatic heterocycles. The Hall–Kier alpha value is -0.860. The van der Waals surface area contributed by atoms with Crippen molar-refractivity contribution in [1.29, 1.82) is 0 Å². The van der Waals surface area contributed by atoms with Gasteiger partial charge in [0.05, 0.1) is 0 Å². The molecule has 0 aliphatic carbocycles. The van der Waals surface area contributed by atoms with Gasteiger partial charge in [-0.1, -0.05) is 45.0 Å². The predicted octanol–water partition coefficient (Wildman–Crippen LogP) is 3.66. The normalized spacial score (nSPS) is 17.8. The molecule has 112 valence electrons. The van der Waals surface area contributed by atoms with Crippen LogP contribution in [0.15, 0.2) is 24.3 Å². The number of rotatable bonds is 6. The van der Waals surface area contributed by atoms with Gasteiger partial charge in [-0.05, 0) is 55.4 Å². The first-order valence-corrected chi connectivity index (χ1v) is 8.20. The number of hydrogen-bond acceptors (Lipinski definition) is 2. The van der Waals surface area contributed by atoms with Crippen molar-refractivity contribution in [1.82, 2.24) is 10.2 Å². The molecule has 1 aromatic carbocycles. The molecule has 0 amide bonds. The van der Waals surface area contributed by atoms with Crippen molar-refractivity contribution in [3.63, 3.8) is 0 Å². The fraction of sp³-hybridized carbons (Fsp3) is 0.667. The minimum Gasteiger partial charge on any atom is -0.313 e. The molecule has 2 nitrogen and oxygen atoms in total. The van der Waals surface area contributed by atoms with Crippen molar-refractivity contribution in [2.24, 2.45) is 11.8 Å². The Morgan fingerprint density at radius 1 is 1.15 bits per heavy atom. The van der Waals surface area contributed by atoms with Gasteiger partial charge < -0.3 is 5.32 Å². The number of benzene rings is 1. The molecule has 0 atom stereocenters. The highest BCUT2D eigenvalue weighted by atomic mass is 15.1. The van der Waals surface area contributed by atoms with Crippen LogP contribution >= 0.6 is 0 Å². The van der Waals surface area contributed by atoms with Gasteiger partial charge in [-0.3, -0.25) is 4.90 Å². The summed E-state index contributed by atoms with van der Waals surface area (Å²) in [6.07, 6.45) is 2.74. The first-order chi connectivity index (χ1) is 9.70. The molecule has 0 aromatic heterocycles. The van der Waals surface area contributed by atoms with Gasteiger partial charge in [-0.25, -0.2) is 0 Å². The molecule has 1 saturated heterocycles. The van der Waals surface area contributed by atoms with Crippen molar-refractivity contribution in [2.45, 2.75) is 46.7 Å². The van der Waals surface area contributed by atoms with Gasteiger partial charge in [-0.15, -0.1) is 0 Å². The third-order valence-electron chi connectivity index (χ3n) is 4.65. The Bertz CT molecular complexity index is 392. The average molecular weight is 274 g/mol. The topological polar surface area (TPSA) is 15.3 Å². The van der Waals surface area contributed by atoms with Crippen molar-refractivity contribution in [2.75, 3.05) is 19.6 Å². The van der Waals surface area contributed by atoms with Crippen molar-refractivity contribution in [3.8, 4) is 0 Å². The maximum Gasteiger partial charge on any atom is 0.0236 e. The van der Waals surface area contributed by atoms with Crippen LogP contribution in [-0.4, -0.2) is 24.5 Å². The van der Waals surface area contributed by atoms with E-state index < -0.39 is 0 Å². The minimum atomic E-state index is 0.846. The first-order valence-electron chi connectivity index (χ1n) is 8.20. The Labute approximate surface area is 124 Å². The van der Waals surface area contributed by atoms with E-state index in [4.69, 9.17) is 0 Å². The van der Waals surface area contributed by atoms with Gasteiger partial charge in [0, 0.05) is 13.1 Å². The van der Waals surface area contributed by atoms with Gasteiger partial charge >= 0.3 is 0 Å². The summed E-state index contributed by atoms with van der Waals surface area (Å²) < 4.78 is 0. The summed E-state index contributed by atoms with van der Waals surface area (Å²) in [7, 11) is 0. The molecule has 0 spiro atoms. The largest absolute Gasteiger partial charge is 0.313 e. The lowest BCUT2D eigenvalue weighted by molar-refractivity contribution is 0.151. The van der Waals surface area contributed by atoms with E-state index in [1.165, 1.54) is 37.1 Å². The minimum absolute atomic E-state index is 0.846. The van der Waals surface area contributed by atoms with Crippen LogP contribution in [0.4, 0.5) is 0 Å². The van der Waals surface area contributed by atoms with Crippen LogP contribution in [0.2, 0.25) is 0 Å².